The van der Waals surface area contributed by atoms with E-state index in [0.717, 1.165) is 25.7 Å². The van der Waals surface area contributed by atoms with E-state index in [9.17, 15) is 4.79 Å². The molecule has 3 heteroatoms. The van der Waals surface area contributed by atoms with Crippen LogP contribution in [-0.4, -0.2) is 24.2 Å². The fourth-order valence-corrected chi connectivity index (χ4v) is 3.00. The van der Waals surface area contributed by atoms with E-state index < -0.39 is 0 Å². The van der Waals surface area contributed by atoms with Gasteiger partial charge in [-0.15, -0.1) is 0 Å². The van der Waals surface area contributed by atoms with Crippen LogP contribution in [0.4, 0.5) is 0 Å². The van der Waals surface area contributed by atoms with Crippen molar-refractivity contribution in [2.24, 2.45) is 5.92 Å². The van der Waals surface area contributed by atoms with Crippen LogP contribution < -0.4 is 5.32 Å². The van der Waals surface area contributed by atoms with E-state index >= 15 is 0 Å². The third kappa shape index (κ3) is 2.10. The number of hydrogen-bond acceptors (Lipinski definition) is 3. The minimum absolute atomic E-state index is 0.00810. The molecule has 0 heterocycles. The lowest BCUT2D eigenvalue weighted by molar-refractivity contribution is -0.153. The van der Waals surface area contributed by atoms with Gasteiger partial charge in [0, 0.05) is 6.04 Å². The Balaban J connectivity index is 2.12. The SMILES string of the molecule is CCOC(=O)C1(NC2CC2)CCCC1CC. The van der Waals surface area contributed by atoms with Crippen molar-refractivity contribution in [1.82, 2.24) is 5.32 Å². The molecule has 2 rings (SSSR count). The average Bonchev–Trinajstić information content (AvgIpc) is 2.97. The zero-order valence-corrected chi connectivity index (χ0v) is 10.4. The van der Waals surface area contributed by atoms with Crippen molar-refractivity contribution in [2.45, 2.75) is 64.0 Å². The first kappa shape index (κ1) is 11.9. The monoisotopic (exact) mass is 225 g/mol. The molecule has 2 fully saturated rings. The molecule has 0 radical (unpaired) electrons. The molecule has 0 saturated heterocycles. The Bertz CT molecular complexity index is 263. The molecule has 0 spiro atoms. The predicted octanol–water partition coefficient (Wildman–Crippen LogP) is 2.25. The quantitative estimate of drug-likeness (QED) is 0.729. The van der Waals surface area contributed by atoms with E-state index in [-0.39, 0.29) is 11.5 Å². The Hall–Kier alpha value is -0.570. The van der Waals surface area contributed by atoms with Crippen molar-refractivity contribution in [3.05, 3.63) is 0 Å². The summed E-state index contributed by atoms with van der Waals surface area (Å²) >= 11 is 0. The van der Waals surface area contributed by atoms with Gasteiger partial charge in [-0.05, 0) is 38.5 Å². The molecule has 0 aliphatic heterocycles. The summed E-state index contributed by atoms with van der Waals surface area (Å²) in [5.41, 5.74) is -0.355. The maximum Gasteiger partial charge on any atom is 0.326 e. The lowest BCUT2D eigenvalue weighted by Gasteiger charge is -2.34. The van der Waals surface area contributed by atoms with Crippen LogP contribution in [0.15, 0.2) is 0 Å². The highest BCUT2D eigenvalue weighted by molar-refractivity contribution is 5.82. The number of ether oxygens (including phenoxy) is 1. The van der Waals surface area contributed by atoms with Crippen molar-refractivity contribution in [3.8, 4) is 0 Å². The van der Waals surface area contributed by atoms with E-state index in [1.54, 1.807) is 0 Å². The van der Waals surface area contributed by atoms with Gasteiger partial charge >= 0.3 is 5.97 Å². The molecule has 0 aromatic rings. The van der Waals surface area contributed by atoms with Gasteiger partial charge in [0.2, 0.25) is 0 Å². The minimum Gasteiger partial charge on any atom is -0.465 e. The van der Waals surface area contributed by atoms with Gasteiger partial charge in [-0.3, -0.25) is 10.1 Å². The van der Waals surface area contributed by atoms with Crippen LogP contribution in [0.3, 0.4) is 0 Å². The van der Waals surface area contributed by atoms with Crippen molar-refractivity contribution >= 4 is 5.97 Å². The normalized spacial score (nSPS) is 34.0. The Morgan fingerprint density at radius 3 is 2.69 bits per heavy atom. The standard InChI is InChI=1S/C13H23NO2/c1-3-10-6-5-9-13(10,12(15)16-4-2)14-11-7-8-11/h10-11,14H,3-9H2,1-2H3. The molecule has 1 N–H and O–H groups in total. The predicted molar refractivity (Wildman–Crippen MR) is 63.2 cm³/mol. The summed E-state index contributed by atoms with van der Waals surface area (Å²) in [5.74, 6) is 0.457. The maximum atomic E-state index is 12.2. The van der Waals surface area contributed by atoms with E-state index in [4.69, 9.17) is 4.74 Å². The molecular formula is C13H23NO2. The minimum atomic E-state index is -0.355. The van der Waals surface area contributed by atoms with Gasteiger partial charge in [0.1, 0.15) is 5.54 Å². The zero-order valence-electron chi connectivity index (χ0n) is 10.4. The van der Waals surface area contributed by atoms with E-state index in [0.29, 0.717) is 18.6 Å². The third-order valence-corrected chi connectivity index (χ3v) is 3.99. The van der Waals surface area contributed by atoms with Crippen molar-refractivity contribution < 1.29 is 9.53 Å². The molecule has 2 unspecified atom stereocenters. The first-order chi connectivity index (χ1) is 7.73. The summed E-state index contributed by atoms with van der Waals surface area (Å²) in [6.45, 7) is 4.56. The topological polar surface area (TPSA) is 38.3 Å². The van der Waals surface area contributed by atoms with Crippen LogP contribution in [0.5, 0.6) is 0 Å². The zero-order chi connectivity index (χ0) is 11.6. The molecule has 2 aliphatic rings. The Morgan fingerprint density at radius 2 is 2.12 bits per heavy atom. The third-order valence-electron chi connectivity index (χ3n) is 3.99. The second-order valence-electron chi connectivity index (χ2n) is 5.11. The highest BCUT2D eigenvalue weighted by Gasteiger charge is 2.51. The fourth-order valence-electron chi connectivity index (χ4n) is 3.00. The molecule has 2 aliphatic carbocycles. The number of hydrogen-bond donors (Lipinski definition) is 1. The van der Waals surface area contributed by atoms with Crippen LogP contribution in [-0.2, 0) is 9.53 Å². The van der Waals surface area contributed by atoms with Gasteiger partial charge in [-0.25, -0.2) is 0 Å². The number of rotatable bonds is 5. The fraction of sp³-hybridized carbons (Fsp3) is 0.923. The van der Waals surface area contributed by atoms with Gasteiger partial charge in [-0.2, -0.15) is 0 Å². The second-order valence-corrected chi connectivity index (χ2v) is 5.11. The Kier molecular flexibility index (Phi) is 3.53. The highest BCUT2D eigenvalue weighted by atomic mass is 16.5. The number of carbonyl (C=O) groups is 1. The van der Waals surface area contributed by atoms with Gasteiger partial charge in [0.15, 0.2) is 0 Å². The molecule has 16 heavy (non-hydrogen) atoms. The lowest BCUT2D eigenvalue weighted by Crippen LogP contribution is -2.56. The van der Waals surface area contributed by atoms with Gasteiger partial charge in [0.05, 0.1) is 6.61 Å². The summed E-state index contributed by atoms with van der Waals surface area (Å²) in [7, 11) is 0. The molecule has 0 bridgehead atoms. The number of esters is 1. The summed E-state index contributed by atoms with van der Waals surface area (Å²) in [5, 5.41) is 3.58. The van der Waals surface area contributed by atoms with Crippen molar-refractivity contribution in [3.63, 3.8) is 0 Å². The van der Waals surface area contributed by atoms with E-state index in [1.165, 1.54) is 12.8 Å². The molecule has 0 amide bonds. The molecule has 2 atom stereocenters. The number of carbonyl (C=O) groups excluding carboxylic acids is 1. The number of nitrogens with one attached hydrogen (secondary N) is 1. The van der Waals surface area contributed by atoms with Crippen molar-refractivity contribution in [2.75, 3.05) is 6.61 Å². The molecular weight excluding hydrogens is 202 g/mol. The van der Waals surface area contributed by atoms with Gasteiger partial charge in [0.25, 0.3) is 0 Å². The molecule has 92 valence electrons. The highest BCUT2D eigenvalue weighted by Crippen LogP contribution is 2.41. The summed E-state index contributed by atoms with van der Waals surface area (Å²) in [6.07, 6.45) is 6.78. The second kappa shape index (κ2) is 4.74. The lowest BCUT2D eigenvalue weighted by atomic mass is 9.85. The maximum absolute atomic E-state index is 12.2. The first-order valence-corrected chi connectivity index (χ1v) is 6.68. The van der Waals surface area contributed by atoms with Crippen LogP contribution in [0.1, 0.15) is 52.4 Å². The average molecular weight is 225 g/mol. The summed E-state index contributed by atoms with van der Waals surface area (Å²) in [6, 6.07) is 0.566. The van der Waals surface area contributed by atoms with Crippen LogP contribution >= 0.6 is 0 Å². The smallest absolute Gasteiger partial charge is 0.326 e. The molecule has 0 aromatic carbocycles. The first-order valence-electron chi connectivity index (χ1n) is 6.68. The van der Waals surface area contributed by atoms with E-state index in [2.05, 4.69) is 12.2 Å². The largest absolute Gasteiger partial charge is 0.465 e. The van der Waals surface area contributed by atoms with Crippen molar-refractivity contribution in [1.29, 1.82) is 0 Å². The Morgan fingerprint density at radius 1 is 1.38 bits per heavy atom. The van der Waals surface area contributed by atoms with Crippen LogP contribution in [0.25, 0.3) is 0 Å². The molecule has 0 aromatic heterocycles. The summed E-state index contributed by atoms with van der Waals surface area (Å²) < 4.78 is 5.29. The van der Waals surface area contributed by atoms with Crippen LogP contribution in [0.2, 0.25) is 0 Å². The molecule has 2 saturated carbocycles. The molecule has 3 nitrogen and oxygen atoms in total. The summed E-state index contributed by atoms with van der Waals surface area (Å²) in [4.78, 5) is 12.2. The van der Waals surface area contributed by atoms with E-state index in [1.807, 2.05) is 6.92 Å². The van der Waals surface area contributed by atoms with Crippen LogP contribution in [0, 0.1) is 5.92 Å². The van der Waals surface area contributed by atoms with Gasteiger partial charge < -0.3 is 4.74 Å². The Labute approximate surface area is 97.9 Å². The van der Waals surface area contributed by atoms with Gasteiger partial charge in [-0.1, -0.05) is 19.8 Å².